The minimum atomic E-state index is -3.77. The van der Waals surface area contributed by atoms with Crippen LogP contribution in [-0.2, 0) is 14.6 Å². The second-order valence-electron chi connectivity index (χ2n) is 3.13. The lowest BCUT2D eigenvalue weighted by Crippen LogP contribution is -2.13. The fourth-order valence-corrected chi connectivity index (χ4v) is 2.38. The molecule has 90 valence electrons. The van der Waals surface area contributed by atoms with Gasteiger partial charge in [0.05, 0.1) is 23.1 Å². The zero-order valence-electron chi connectivity index (χ0n) is 9.21. The quantitative estimate of drug-likeness (QED) is 0.752. The highest BCUT2D eigenvalue weighted by atomic mass is 32.2. The van der Waals surface area contributed by atoms with Gasteiger partial charge in [-0.05, 0) is 19.1 Å². The van der Waals surface area contributed by atoms with Crippen molar-refractivity contribution in [2.75, 3.05) is 12.4 Å². The average molecular weight is 253 g/mol. The van der Waals surface area contributed by atoms with Gasteiger partial charge in [0.2, 0.25) is 0 Å². The molecule has 0 bridgehead atoms. The number of sulfone groups is 1. The number of rotatable bonds is 4. The predicted molar refractivity (Wildman–Crippen MR) is 60.1 cm³/mol. The number of ether oxygens (including phenoxy) is 1. The molecule has 6 heteroatoms. The van der Waals surface area contributed by atoms with Gasteiger partial charge in [-0.2, -0.15) is 5.26 Å². The Labute approximate surface area is 99.5 Å². The van der Waals surface area contributed by atoms with Crippen molar-refractivity contribution >= 4 is 15.8 Å². The summed E-state index contributed by atoms with van der Waals surface area (Å²) in [5.74, 6) is -1.37. The van der Waals surface area contributed by atoms with Crippen LogP contribution in [0, 0.1) is 11.3 Å². The van der Waals surface area contributed by atoms with E-state index in [-0.39, 0.29) is 17.1 Å². The van der Waals surface area contributed by atoms with Crippen molar-refractivity contribution in [1.82, 2.24) is 0 Å². The first-order chi connectivity index (χ1) is 8.03. The number of esters is 1. The summed E-state index contributed by atoms with van der Waals surface area (Å²) in [5.41, 5.74) is -0.0374. The lowest BCUT2D eigenvalue weighted by atomic mass is 10.2. The zero-order valence-corrected chi connectivity index (χ0v) is 10.0. The van der Waals surface area contributed by atoms with Gasteiger partial charge in [-0.15, -0.1) is 0 Å². The van der Waals surface area contributed by atoms with E-state index in [1.807, 2.05) is 0 Å². The standard InChI is InChI=1S/C11H11NO4S/c1-2-16-11(13)9-5-3-4-6-10(9)17(14,15)8-7-12/h3-6H,2,8H2,1H3. The smallest absolute Gasteiger partial charge is 0.339 e. The van der Waals surface area contributed by atoms with Gasteiger partial charge in [-0.3, -0.25) is 0 Å². The minimum absolute atomic E-state index is 0.0374. The Bertz CT molecular complexity index is 557. The summed E-state index contributed by atoms with van der Waals surface area (Å²) in [5, 5.41) is 8.45. The minimum Gasteiger partial charge on any atom is -0.462 e. The Morgan fingerprint density at radius 2 is 2.06 bits per heavy atom. The molecule has 0 fully saturated rings. The van der Waals surface area contributed by atoms with Gasteiger partial charge in [0.15, 0.2) is 9.84 Å². The normalized spacial score (nSPS) is 10.6. The molecule has 0 radical (unpaired) electrons. The Balaban J connectivity index is 3.27. The Hall–Kier alpha value is -1.87. The Kier molecular flexibility index (Phi) is 4.24. The maximum absolute atomic E-state index is 11.7. The molecule has 0 spiro atoms. The third-order valence-electron chi connectivity index (χ3n) is 1.97. The Morgan fingerprint density at radius 1 is 1.41 bits per heavy atom. The van der Waals surface area contributed by atoms with Gasteiger partial charge in [-0.1, -0.05) is 12.1 Å². The number of carbonyl (C=O) groups excluding carboxylic acids is 1. The van der Waals surface area contributed by atoms with Crippen molar-refractivity contribution in [2.45, 2.75) is 11.8 Å². The summed E-state index contributed by atoms with van der Waals surface area (Å²) < 4.78 is 28.2. The molecule has 0 N–H and O–H groups in total. The predicted octanol–water partition coefficient (Wildman–Crippen LogP) is 1.16. The summed E-state index contributed by atoms with van der Waals surface area (Å²) in [6.07, 6.45) is 0. The van der Waals surface area contributed by atoms with Gasteiger partial charge in [0, 0.05) is 0 Å². The van der Waals surface area contributed by atoms with E-state index in [9.17, 15) is 13.2 Å². The molecule has 0 amide bonds. The fourth-order valence-electron chi connectivity index (χ4n) is 1.28. The van der Waals surface area contributed by atoms with Crippen molar-refractivity contribution in [1.29, 1.82) is 5.26 Å². The van der Waals surface area contributed by atoms with Crippen LogP contribution >= 0.6 is 0 Å². The molecule has 0 heterocycles. The summed E-state index contributed by atoms with van der Waals surface area (Å²) in [6, 6.07) is 7.25. The summed E-state index contributed by atoms with van der Waals surface area (Å²) >= 11 is 0. The van der Waals surface area contributed by atoms with E-state index in [1.54, 1.807) is 13.0 Å². The molecule has 0 aliphatic rings. The highest BCUT2D eigenvalue weighted by molar-refractivity contribution is 7.91. The topological polar surface area (TPSA) is 84.2 Å². The number of carbonyl (C=O) groups is 1. The summed E-state index contributed by atoms with van der Waals surface area (Å²) in [6.45, 7) is 1.79. The number of nitrogens with zero attached hydrogens (tertiary/aromatic N) is 1. The maximum atomic E-state index is 11.7. The second kappa shape index (κ2) is 5.46. The van der Waals surface area contributed by atoms with E-state index in [0.29, 0.717) is 0 Å². The van der Waals surface area contributed by atoms with Crippen molar-refractivity contribution in [2.24, 2.45) is 0 Å². The molecule has 0 aromatic heterocycles. The van der Waals surface area contributed by atoms with Crippen LogP contribution in [-0.4, -0.2) is 26.7 Å². The number of hydrogen-bond donors (Lipinski definition) is 0. The molecule has 1 aromatic rings. The third-order valence-corrected chi connectivity index (χ3v) is 3.51. The van der Waals surface area contributed by atoms with Crippen LogP contribution < -0.4 is 0 Å². The van der Waals surface area contributed by atoms with Gasteiger partial charge >= 0.3 is 5.97 Å². The molecule has 1 rings (SSSR count). The van der Waals surface area contributed by atoms with Crippen molar-refractivity contribution < 1.29 is 17.9 Å². The summed E-state index contributed by atoms with van der Waals surface area (Å²) in [4.78, 5) is 11.4. The molecule has 0 aliphatic heterocycles. The molecule has 0 atom stereocenters. The third kappa shape index (κ3) is 3.04. The number of benzene rings is 1. The molecule has 17 heavy (non-hydrogen) atoms. The van der Waals surface area contributed by atoms with Gasteiger partial charge in [-0.25, -0.2) is 13.2 Å². The molecule has 1 aromatic carbocycles. The Morgan fingerprint density at radius 3 is 2.65 bits per heavy atom. The molecule has 0 saturated carbocycles. The molecular weight excluding hydrogens is 242 g/mol. The maximum Gasteiger partial charge on any atom is 0.339 e. The van der Waals surface area contributed by atoms with Crippen LogP contribution in [0.2, 0.25) is 0 Å². The molecule has 0 saturated heterocycles. The highest BCUT2D eigenvalue weighted by Gasteiger charge is 2.22. The van der Waals surface area contributed by atoms with Crippen LogP contribution in [0.5, 0.6) is 0 Å². The second-order valence-corrected chi connectivity index (χ2v) is 5.09. The largest absolute Gasteiger partial charge is 0.462 e. The first-order valence-corrected chi connectivity index (χ1v) is 6.54. The number of nitriles is 1. The van der Waals surface area contributed by atoms with E-state index >= 15 is 0 Å². The first-order valence-electron chi connectivity index (χ1n) is 4.88. The van der Waals surface area contributed by atoms with E-state index in [0.717, 1.165) is 0 Å². The first kappa shape index (κ1) is 13.2. The lowest BCUT2D eigenvalue weighted by Gasteiger charge is -2.07. The van der Waals surface area contributed by atoms with Crippen LogP contribution in [0.25, 0.3) is 0 Å². The van der Waals surface area contributed by atoms with Gasteiger partial charge in [0.1, 0.15) is 5.75 Å². The fraction of sp³-hybridized carbons (Fsp3) is 0.273. The monoisotopic (exact) mass is 253 g/mol. The average Bonchev–Trinajstić information content (AvgIpc) is 2.29. The van der Waals surface area contributed by atoms with Crippen LogP contribution in [0.3, 0.4) is 0 Å². The van der Waals surface area contributed by atoms with E-state index in [2.05, 4.69) is 0 Å². The van der Waals surface area contributed by atoms with Crippen LogP contribution in [0.15, 0.2) is 29.2 Å². The van der Waals surface area contributed by atoms with E-state index in [1.165, 1.54) is 24.3 Å². The van der Waals surface area contributed by atoms with Crippen molar-refractivity contribution in [3.63, 3.8) is 0 Å². The molecule has 0 unspecified atom stereocenters. The summed E-state index contributed by atoms with van der Waals surface area (Å²) in [7, 11) is -3.77. The lowest BCUT2D eigenvalue weighted by molar-refractivity contribution is 0.0522. The van der Waals surface area contributed by atoms with Crippen molar-refractivity contribution in [3.8, 4) is 6.07 Å². The zero-order chi connectivity index (χ0) is 12.9. The number of hydrogen-bond acceptors (Lipinski definition) is 5. The SMILES string of the molecule is CCOC(=O)c1ccccc1S(=O)(=O)CC#N. The van der Waals surface area contributed by atoms with Gasteiger partial charge < -0.3 is 4.74 Å². The van der Waals surface area contributed by atoms with Crippen LogP contribution in [0.4, 0.5) is 0 Å². The highest BCUT2D eigenvalue weighted by Crippen LogP contribution is 2.17. The van der Waals surface area contributed by atoms with E-state index in [4.69, 9.17) is 10.00 Å². The molecule has 5 nitrogen and oxygen atoms in total. The van der Waals surface area contributed by atoms with Gasteiger partial charge in [0.25, 0.3) is 0 Å². The molecule has 0 aliphatic carbocycles. The van der Waals surface area contributed by atoms with Crippen molar-refractivity contribution in [3.05, 3.63) is 29.8 Å². The van der Waals surface area contributed by atoms with E-state index < -0.39 is 21.6 Å². The van der Waals surface area contributed by atoms with Crippen LogP contribution in [0.1, 0.15) is 17.3 Å². The molecular formula is C11H11NO4S.